The van der Waals surface area contributed by atoms with Gasteiger partial charge in [0, 0.05) is 16.8 Å². The van der Waals surface area contributed by atoms with Crippen molar-refractivity contribution in [2.24, 2.45) is 0 Å². The molecule has 30 heavy (non-hydrogen) atoms. The van der Waals surface area contributed by atoms with Crippen LogP contribution in [0.25, 0.3) is 0 Å². The normalized spacial score (nSPS) is 10.3. The maximum absolute atomic E-state index is 12.3. The summed E-state index contributed by atoms with van der Waals surface area (Å²) in [6.07, 6.45) is 0. The average molecular weight is 416 g/mol. The van der Waals surface area contributed by atoms with Gasteiger partial charge in [-0.15, -0.1) is 0 Å². The second-order valence-electron chi connectivity index (χ2n) is 6.52. The smallest absolute Gasteiger partial charge is 0.325 e. The number of carbonyl (C=O) groups is 4. The second-order valence-corrected chi connectivity index (χ2v) is 6.52. The number of hydrogen-bond acceptors (Lipinski definition) is 7. The maximum Gasteiger partial charge on any atom is 0.325 e. The Morgan fingerprint density at radius 2 is 1.70 bits per heavy atom. The zero-order chi connectivity index (χ0) is 22.4. The summed E-state index contributed by atoms with van der Waals surface area (Å²) in [6.45, 7) is 3.83. The first-order valence-corrected chi connectivity index (χ1v) is 9.08. The minimum absolute atomic E-state index is 0.157. The number of esters is 1. The van der Waals surface area contributed by atoms with Crippen LogP contribution in [0, 0.1) is 13.8 Å². The van der Waals surface area contributed by atoms with Gasteiger partial charge in [0.05, 0.1) is 19.9 Å². The number of aryl methyl sites for hydroxylation is 1. The van der Waals surface area contributed by atoms with Crippen LogP contribution < -0.4 is 14.8 Å². The molecule has 2 N–H and O–H groups in total. The Kier molecular flexibility index (Phi) is 7.35. The number of H-pyrrole nitrogens is 1. The summed E-state index contributed by atoms with van der Waals surface area (Å²) in [5.74, 6) is -1.07. The first kappa shape index (κ1) is 22.7. The van der Waals surface area contributed by atoms with Gasteiger partial charge in [0.25, 0.3) is 5.91 Å². The second kappa shape index (κ2) is 9.73. The molecule has 0 aliphatic rings. The zero-order valence-electron chi connectivity index (χ0n) is 17.5. The van der Waals surface area contributed by atoms with E-state index in [2.05, 4.69) is 10.3 Å². The molecule has 0 radical (unpaired) electrons. The van der Waals surface area contributed by atoms with Crippen molar-refractivity contribution in [2.45, 2.75) is 20.8 Å². The zero-order valence-corrected chi connectivity index (χ0v) is 17.5. The fourth-order valence-corrected chi connectivity index (χ4v) is 3.06. The predicted octanol–water partition coefficient (Wildman–Crippen LogP) is 2.01. The molecule has 1 aromatic heterocycles. The lowest BCUT2D eigenvalue weighted by Crippen LogP contribution is -2.31. The summed E-state index contributed by atoms with van der Waals surface area (Å²) >= 11 is 0. The van der Waals surface area contributed by atoms with Crippen molar-refractivity contribution in [3.63, 3.8) is 0 Å². The molecule has 0 saturated heterocycles. The van der Waals surface area contributed by atoms with E-state index in [0.29, 0.717) is 28.3 Å². The van der Waals surface area contributed by atoms with Gasteiger partial charge in [-0.3, -0.25) is 19.2 Å². The molecule has 1 aromatic carbocycles. The summed E-state index contributed by atoms with van der Waals surface area (Å²) in [5, 5.41) is 2.42. The van der Waals surface area contributed by atoms with Gasteiger partial charge >= 0.3 is 5.97 Å². The van der Waals surface area contributed by atoms with Gasteiger partial charge in [-0.25, -0.2) is 0 Å². The molecule has 1 amide bonds. The third kappa shape index (κ3) is 5.05. The van der Waals surface area contributed by atoms with E-state index in [-0.39, 0.29) is 17.0 Å². The van der Waals surface area contributed by atoms with E-state index in [4.69, 9.17) is 14.2 Å². The number of Topliss-reactive ketones (excluding diaryl/α,β-unsaturated/α-hetero) is 2. The number of aromatic amines is 1. The summed E-state index contributed by atoms with van der Waals surface area (Å²) < 4.78 is 15.2. The average Bonchev–Trinajstić information content (AvgIpc) is 3.03. The van der Waals surface area contributed by atoms with Gasteiger partial charge in [-0.05, 0) is 44.5 Å². The Morgan fingerprint density at radius 1 is 1.03 bits per heavy atom. The highest BCUT2D eigenvalue weighted by Gasteiger charge is 2.21. The van der Waals surface area contributed by atoms with Crippen molar-refractivity contribution in [1.82, 2.24) is 10.3 Å². The number of benzene rings is 1. The lowest BCUT2D eigenvalue weighted by Gasteiger charge is -2.10. The first-order valence-electron chi connectivity index (χ1n) is 9.08. The predicted molar refractivity (Wildman–Crippen MR) is 107 cm³/mol. The van der Waals surface area contributed by atoms with Crippen molar-refractivity contribution in [2.75, 3.05) is 27.4 Å². The van der Waals surface area contributed by atoms with Crippen molar-refractivity contribution in [3.05, 3.63) is 46.3 Å². The van der Waals surface area contributed by atoms with E-state index < -0.39 is 30.8 Å². The number of amides is 1. The Bertz CT molecular complexity index is 991. The van der Waals surface area contributed by atoms with Gasteiger partial charge in [0.15, 0.2) is 23.9 Å². The van der Waals surface area contributed by atoms with Crippen LogP contribution in [0.1, 0.15) is 49.4 Å². The molecular formula is C21H24N2O7. The standard InChI is InChI=1S/C21H24N2O7/c1-11-19(13(3)24)12(2)23-20(11)15(25)10-30-18(26)9-22-21(27)14-6-7-16(28-4)17(8-14)29-5/h6-8,23H,9-10H2,1-5H3,(H,22,27). The van der Waals surface area contributed by atoms with Gasteiger partial charge in [0.1, 0.15) is 6.54 Å². The van der Waals surface area contributed by atoms with Crippen LogP contribution in [0.3, 0.4) is 0 Å². The third-order valence-electron chi connectivity index (χ3n) is 4.47. The van der Waals surface area contributed by atoms with Crippen molar-refractivity contribution < 1.29 is 33.4 Å². The van der Waals surface area contributed by atoms with Crippen LogP contribution in [0.15, 0.2) is 18.2 Å². The van der Waals surface area contributed by atoms with E-state index in [1.807, 2.05) is 0 Å². The number of rotatable bonds is 9. The number of hydrogen-bond donors (Lipinski definition) is 2. The molecule has 9 heteroatoms. The minimum Gasteiger partial charge on any atom is -0.493 e. The van der Waals surface area contributed by atoms with Gasteiger partial charge in [0.2, 0.25) is 5.78 Å². The summed E-state index contributed by atoms with van der Waals surface area (Å²) in [4.78, 5) is 50.9. The number of nitrogens with one attached hydrogen (secondary N) is 2. The molecule has 0 spiro atoms. The van der Waals surface area contributed by atoms with Crippen molar-refractivity contribution in [1.29, 1.82) is 0 Å². The molecule has 0 fully saturated rings. The summed E-state index contributed by atoms with van der Waals surface area (Å²) in [5.41, 5.74) is 2.04. The quantitative estimate of drug-likeness (QED) is 0.473. The van der Waals surface area contributed by atoms with Crippen molar-refractivity contribution >= 4 is 23.4 Å². The molecule has 0 unspecified atom stereocenters. The minimum atomic E-state index is -0.773. The largest absolute Gasteiger partial charge is 0.493 e. The molecule has 0 aliphatic carbocycles. The summed E-state index contributed by atoms with van der Waals surface area (Å²) in [7, 11) is 2.92. The number of carbonyl (C=O) groups excluding carboxylic acids is 4. The third-order valence-corrected chi connectivity index (χ3v) is 4.47. The van der Waals surface area contributed by atoms with E-state index in [9.17, 15) is 19.2 Å². The number of ether oxygens (including phenoxy) is 3. The number of ketones is 2. The van der Waals surface area contributed by atoms with Crippen LogP contribution in [-0.4, -0.2) is 55.8 Å². The van der Waals surface area contributed by atoms with E-state index >= 15 is 0 Å². The Morgan fingerprint density at radius 3 is 2.27 bits per heavy atom. The Labute approximate surface area is 173 Å². The molecule has 0 saturated carbocycles. The fourth-order valence-electron chi connectivity index (χ4n) is 3.06. The summed E-state index contributed by atoms with van der Waals surface area (Å²) in [6, 6.07) is 4.57. The van der Waals surface area contributed by atoms with Gasteiger partial charge in [-0.2, -0.15) is 0 Å². The van der Waals surface area contributed by atoms with Crippen LogP contribution in [0.4, 0.5) is 0 Å². The van der Waals surface area contributed by atoms with Crippen LogP contribution in [0.5, 0.6) is 11.5 Å². The number of aromatic nitrogens is 1. The topological polar surface area (TPSA) is 124 Å². The van der Waals surface area contributed by atoms with Gasteiger partial charge in [-0.1, -0.05) is 0 Å². The molecule has 9 nitrogen and oxygen atoms in total. The maximum atomic E-state index is 12.3. The van der Waals surface area contributed by atoms with Gasteiger partial charge < -0.3 is 24.5 Å². The van der Waals surface area contributed by atoms with E-state index in [0.717, 1.165) is 0 Å². The highest BCUT2D eigenvalue weighted by Crippen LogP contribution is 2.27. The van der Waals surface area contributed by atoms with Crippen molar-refractivity contribution in [3.8, 4) is 11.5 Å². The molecule has 1 heterocycles. The van der Waals surface area contributed by atoms with Crippen LogP contribution >= 0.6 is 0 Å². The lowest BCUT2D eigenvalue weighted by molar-refractivity contribution is -0.141. The molecule has 0 bridgehead atoms. The molecule has 2 rings (SSSR count). The molecule has 0 atom stereocenters. The fraction of sp³-hybridized carbons (Fsp3) is 0.333. The highest BCUT2D eigenvalue weighted by atomic mass is 16.5. The molecule has 2 aromatic rings. The van der Waals surface area contributed by atoms with Crippen LogP contribution in [0.2, 0.25) is 0 Å². The Hall–Kier alpha value is -3.62. The highest BCUT2D eigenvalue weighted by molar-refractivity contribution is 6.04. The number of methoxy groups -OCH3 is 2. The monoisotopic (exact) mass is 416 g/mol. The Balaban J connectivity index is 1.91. The lowest BCUT2D eigenvalue weighted by atomic mass is 10.1. The first-order chi connectivity index (χ1) is 14.2. The van der Waals surface area contributed by atoms with E-state index in [1.54, 1.807) is 19.9 Å². The molecular weight excluding hydrogens is 392 g/mol. The SMILES string of the molecule is COc1ccc(C(=O)NCC(=O)OCC(=O)c2[nH]c(C)c(C(C)=O)c2C)cc1OC. The van der Waals surface area contributed by atoms with Crippen LogP contribution in [-0.2, 0) is 9.53 Å². The molecule has 160 valence electrons. The van der Waals surface area contributed by atoms with E-state index in [1.165, 1.54) is 33.3 Å². The molecule has 0 aliphatic heterocycles.